The molecule has 2 N–H and O–H groups in total. The van der Waals surface area contributed by atoms with E-state index in [0.717, 1.165) is 54.8 Å². The van der Waals surface area contributed by atoms with Crippen LogP contribution in [0.2, 0.25) is 0 Å². The minimum atomic E-state index is -0.0132. The van der Waals surface area contributed by atoms with Gasteiger partial charge in [0.25, 0.3) is 0 Å². The van der Waals surface area contributed by atoms with Gasteiger partial charge < -0.3 is 20.1 Å². The topological polar surface area (TPSA) is 88.3 Å². The van der Waals surface area contributed by atoms with Crippen molar-refractivity contribution in [1.82, 2.24) is 24.6 Å². The van der Waals surface area contributed by atoms with Gasteiger partial charge in [0.2, 0.25) is 5.95 Å². The van der Waals surface area contributed by atoms with Crippen molar-refractivity contribution in [3.05, 3.63) is 35.7 Å². The van der Waals surface area contributed by atoms with Crippen LogP contribution in [0.15, 0.2) is 24.5 Å². The van der Waals surface area contributed by atoms with Crippen molar-refractivity contribution in [3.63, 3.8) is 0 Å². The lowest BCUT2D eigenvalue weighted by atomic mass is 9.67. The Kier molecular flexibility index (Phi) is 4.63. The second-order valence-corrected chi connectivity index (χ2v) is 9.03. The zero-order valence-corrected chi connectivity index (χ0v) is 17.7. The number of aliphatic hydroxyl groups is 1. The third kappa shape index (κ3) is 3.30. The van der Waals surface area contributed by atoms with Gasteiger partial charge in [-0.05, 0) is 55.0 Å². The first-order chi connectivity index (χ1) is 14.5. The second kappa shape index (κ2) is 7.21. The summed E-state index contributed by atoms with van der Waals surface area (Å²) < 4.78 is 7.60. The summed E-state index contributed by atoms with van der Waals surface area (Å²) in [6.07, 6.45) is 6.44. The van der Waals surface area contributed by atoms with Crippen molar-refractivity contribution < 1.29 is 9.84 Å². The van der Waals surface area contributed by atoms with Gasteiger partial charge in [-0.15, -0.1) is 0 Å². The summed E-state index contributed by atoms with van der Waals surface area (Å²) >= 11 is 0. The number of anilines is 2. The molecule has 8 heteroatoms. The number of hydrogen-bond acceptors (Lipinski definition) is 7. The van der Waals surface area contributed by atoms with Crippen LogP contribution in [0.25, 0.3) is 11.0 Å². The molecule has 0 saturated heterocycles. The van der Waals surface area contributed by atoms with Crippen LogP contribution in [0.3, 0.4) is 0 Å². The average Bonchev–Trinajstić information content (AvgIpc) is 3.13. The minimum Gasteiger partial charge on any atom is -0.495 e. The Morgan fingerprint density at radius 2 is 2.10 bits per heavy atom. The molecule has 1 aliphatic heterocycles. The minimum absolute atomic E-state index is 0.0132. The molecule has 3 aromatic rings. The van der Waals surface area contributed by atoms with Gasteiger partial charge in [0, 0.05) is 25.9 Å². The van der Waals surface area contributed by atoms with Gasteiger partial charge in [0.05, 0.1) is 30.4 Å². The molecule has 3 heterocycles. The van der Waals surface area contributed by atoms with Crippen LogP contribution >= 0.6 is 0 Å². The molecule has 2 aliphatic rings. The van der Waals surface area contributed by atoms with Crippen molar-refractivity contribution >= 4 is 22.7 Å². The number of ether oxygens (including phenoxy) is 1. The number of nitrogens with zero attached hydrogens (tertiary/aromatic N) is 5. The number of hydrogen-bond donors (Lipinski definition) is 2. The van der Waals surface area contributed by atoms with E-state index in [1.165, 1.54) is 11.1 Å². The largest absolute Gasteiger partial charge is 0.495 e. The molecule has 0 bridgehead atoms. The third-order valence-electron chi connectivity index (χ3n) is 6.49. The van der Waals surface area contributed by atoms with Gasteiger partial charge in [0.15, 0.2) is 5.65 Å². The van der Waals surface area contributed by atoms with Gasteiger partial charge in [-0.25, -0.2) is 9.67 Å². The van der Waals surface area contributed by atoms with Crippen LogP contribution < -0.4 is 10.1 Å². The van der Waals surface area contributed by atoms with Crippen LogP contribution in [-0.2, 0) is 13.0 Å². The first-order valence-electron chi connectivity index (χ1n) is 10.4. The Balaban J connectivity index is 1.45. The van der Waals surface area contributed by atoms with Crippen LogP contribution in [0, 0.1) is 5.41 Å². The molecule has 0 unspecified atom stereocenters. The molecular weight excluding hydrogens is 380 g/mol. The Hall–Kier alpha value is -2.71. The Bertz CT molecular complexity index is 1090. The van der Waals surface area contributed by atoms with E-state index in [1.54, 1.807) is 13.3 Å². The molecule has 8 nitrogen and oxygen atoms in total. The van der Waals surface area contributed by atoms with Crippen molar-refractivity contribution in [2.24, 2.45) is 5.41 Å². The highest BCUT2D eigenvalue weighted by Crippen LogP contribution is 2.48. The van der Waals surface area contributed by atoms with Gasteiger partial charge in [-0.1, -0.05) is 6.92 Å². The van der Waals surface area contributed by atoms with E-state index >= 15 is 0 Å². The van der Waals surface area contributed by atoms with Crippen LogP contribution in [0.5, 0.6) is 5.75 Å². The summed E-state index contributed by atoms with van der Waals surface area (Å²) in [4.78, 5) is 11.6. The van der Waals surface area contributed by atoms with Crippen molar-refractivity contribution in [2.75, 3.05) is 32.6 Å². The van der Waals surface area contributed by atoms with E-state index in [9.17, 15) is 5.11 Å². The number of fused-ring (bicyclic) bond motifs is 2. The zero-order chi connectivity index (χ0) is 20.9. The Morgan fingerprint density at radius 1 is 1.27 bits per heavy atom. The normalized spacial score (nSPS) is 23.8. The van der Waals surface area contributed by atoms with E-state index in [0.29, 0.717) is 5.95 Å². The van der Waals surface area contributed by atoms with Gasteiger partial charge >= 0.3 is 0 Å². The first-order valence-corrected chi connectivity index (χ1v) is 10.4. The molecule has 30 heavy (non-hydrogen) atoms. The molecule has 0 spiro atoms. The maximum atomic E-state index is 9.55. The maximum absolute atomic E-state index is 9.55. The lowest BCUT2D eigenvalue weighted by Crippen LogP contribution is -2.39. The second-order valence-electron chi connectivity index (χ2n) is 9.03. The number of benzene rings is 1. The average molecular weight is 409 g/mol. The molecule has 158 valence electrons. The monoisotopic (exact) mass is 408 g/mol. The van der Waals surface area contributed by atoms with Crippen molar-refractivity contribution in [3.8, 4) is 5.75 Å². The lowest BCUT2D eigenvalue weighted by molar-refractivity contribution is 0.0145. The molecule has 0 amide bonds. The Morgan fingerprint density at radius 3 is 2.87 bits per heavy atom. The molecule has 2 aromatic heterocycles. The fraction of sp³-hybridized carbons (Fsp3) is 0.500. The Labute approximate surface area is 175 Å². The summed E-state index contributed by atoms with van der Waals surface area (Å²) in [7, 11) is 3.83. The van der Waals surface area contributed by atoms with Crippen molar-refractivity contribution in [1.29, 1.82) is 0 Å². The third-order valence-corrected chi connectivity index (χ3v) is 6.49. The molecule has 1 saturated carbocycles. The number of aromatic nitrogens is 4. The van der Waals surface area contributed by atoms with E-state index in [2.05, 4.69) is 46.4 Å². The molecule has 0 radical (unpaired) electrons. The maximum Gasteiger partial charge on any atom is 0.229 e. The van der Waals surface area contributed by atoms with Gasteiger partial charge in [-0.2, -0.15) is 10.1 Å². The SMILES string of the molecule is COc1cc2c(cc1Nc1ncc3cnn(C4CC(C)(CO)C4)c3n1)CN(C)CC2. The molecule has 1 aliphatic carbocycles. The highest BCUT2D eigenvalue weighted by Gasteiger charge is 2.41. The van der Waals surface area contributed by atoms with Gasteiger partial charge in [0.1, 0.15) is 5.75 Å². The molecule has 5 rings (SSSR count). The fourth-order valence-electron chi connectivity index (χ4n) is 4.66. The molecule has 1 aromatic carbocycles. The lowest BCUT2D eigenvalue weighted by Gasteiger charge is -2.43. The van der Waals surface area contributed by atoms with Gasteiger partial charge in [-0.3, -0.25) is 0 Å². The molecular formula is C22H28N6O2. The van der Waals surface area contributed by atoms with E-state index < -0.39 is 0 Å². The fourth-order valence-corrected chi connectivity index (χ4v) is 4.66. The number of likely N-dealkylation sites (N-methyl/N-ethyl adjacent to an activating group) is 1. The van der Waals surface area contributed by atoms with E-state index in [1.807, 2.05) is 10.9 Å². The van der Waals surface area contributed by atoms with Crippen molar-refractivity contribution in [2.45, 2.75) is 38.8 Å². The van der Waals surface area contributed by atoms with E-state index in [-0.39, 0.29) is 18.1 Å². The predicted molar refractivity (Wildman–Crippen MR) is 115 cm³/mol. The summed E-state index contributed by atoms with van der Waals surface area (Å²) in [5.74, 6) is 1.32. The summed E-state index contributed by atoms with van der Waals surface area (Å²) in [5.41, 5.74) is 4.31. The number of methoxy groups -OCH3 is 1. The summed E-state index contributed by atoms with van der Waals surface area (Å²) in [5, 5.41) is 18.4. The highest BCUT2D eigenvalue weighted by atomic mass is 16.5. The standard InChI is InChI=1S/C22H28N6O2/c1-22(13-29)8-17(9-22)28-20-16(11-24-28)10-23-21(26-20)25-18-6-15-12-27(2)5-4-14(15)7-19(18)30-3/h6-7,10-11,17,29H,4-5,8-9,12-13H2,1-3H3,(H,23,25,26). The van der Waals surface area contributed by atoms with Crippen LogP contribution in [0.4, 0.5) is 11.6 Å². The van der Waals surface area contributed by atoms with Crippen LogP contribution in [-0.4, -0.2) is 57.1 Å². The van der Waals surface area contributed by atoms with E-state index in [4.69, 9.17) is 9.72 Å². The first kappa shape index (κ1) is 19.3. The number of aliphatic hydroxyl groups excluding tert-OH is 1. The summed E-state index contributed by atoms with van der Waals surface area (Å²) in [6.45, 7) is 4.30. The number of nitrogens with one attached hydrogen (secondary N) is 1. The molecule has 1 fully saturated rings. The highest BCUT2D eigenvalue weighted by molar-refractivity contribution is 5.76. The summed E-state index contributed by atoms with van der Waals surface area (Å²) in [6, 6.07) is 4.53. The quantitative estimate of drug-likeness (QED) is 0.671. The predicted octanol–water partition coefficient (Wildman–Crippen LogP) is 2.90. The number of rotatable bonds is 5. The smallest absolute Gasteiger partial charge is 0.229 e. The zero-order valence-electron chi connectivity index (χ0n) is 17.7. The molecule has 0 atom stereocenters. The van der Waals surface area contributed by atoms with Crippen LogP contribution in [0.1, 0.15) is 36.9 Å².